The molecule has 1 saturated carbocycles. The lowest BCUT2D eigenvalue weighted by Crippen LogP contribution is -2.16. The molecule has 1 fully saturated rings. The van der Waals surface area contributed by atoms with Crippen LogP contribution in [-0.4, -0.2) is 21.0 Å². The summed E-state index contributed by atoms with van der Waals surface area (Å²) in [5, 5.41) is -0.291. The average molecular weight is 290 g/mol. The fourth-order valence-electron chi connectivity index (χ4n) is 1.94. The molecule has 0 unspecified atom stereocenters. The Morgan fingerprint density at radius 2 is 2.05 bits per heavy atom. The summed E-state index contributed by atoms with van der Waals surface area (Å²) < 4.78 is 37.6. The van der Waals surface area contributed by atoms with Crippen LogP contribution in [0.3, 0.4) is 0 Å². The van der Waals surface area contributed by atoms with Crippen molar-refractivity contribution in [1.82, 2.24) is 9.97 Å². The highest BCUT2D eigenvalue weighted by atomic mass is 32.2. The summed E-state index contributed by atoms with van der Waals surface area (Å²) in [5.74, 6) is 0.0866. The Morgan fingerprint density at radius 1 is 1.26 bits per heavy atom. The smallest absolute Gasteiger partial charge is 0.298 e. The van der Waals surface area contributed by atoms with E-state index in [0.29, 0.717) is 12.8 Å². The third kappa shape index (κ3) is 3.92. The Bertz CT molecular complexity index is 465. The highest BCUT2D eigenvalue weighted by Crippen LogP contribution is 2.32. The SMILES string of the molecule is O=C1CCCCC[C@H]1Sc1nccc(C(F)(F)F)n1. The molecule has 19 heavy (non-hydrogen) atoms. The lowest BCUT2D eigenvalue weighted by molar-refractivity contribution is -0.141. The first-order valence-corrected chi connectivity index (χ1v) is 6.94. The van der Waals surface area contributed by atoms with Gasteiger partial charge in [0, 0.05) is 12.6 Å². The van der Waals surface area contributed by atoms with E-state index in [1.807, 2.05) is 0 Å². The average Bonchev–Trinajstić information content (AvgIpc) is 2.54. The van der Waals surface area contributed by atoms with Crippen molar-refractivity contribution in [1.29, 1.82) is 0 Å². The van der Waals surface area contributed by atoms with Gasteiger partial charge in [-0.25, -0.2) is 9.97 Å². The van der Waals surface area contributed by atoms with Crippen LogP contribution in [0.1, 0.15) is 37.8 Å². The summed E-state index contributed by atoms with van der Waals surface area (Å²) in [6.45, 7) is 0. The molecule has 0 aliphatic heterocycles. The number of aromatic nitrogens is 2. The minimum Gasteiger partial charge on any atom is -0.298 e. The minimum absolute atomic E-state index is 0.0232. The molecule has 0 spiro atoms. The first-order chi connectivity index (χ1) is 8.97. The van der Waals surface area contributed by atoms with Crippen LogP contribution in [0.4, 0.5) is 13.2 Å². The number of carbonyl (C=O) groups is 1. The summed E-state index contributed by atoms with van der Waals surface area (Å²) in [7, 11) is 0. The minimum atomic E-state index is -4.48. The van der Waals surface area contributed by atoms with Gasteiger partial charge in [0.25, 0.3) is 0 Å². The van der Waals surface area contributed by atoms with E-state index in [1.54, 1.807) is 0 Å². The number of halogens is 3. The van der Waals surface area contributed by atoms with Gasteiger partial charge in [-0.05, 0) is 18.9 Å². The molecular formula is C12H13F3N2OS. The zero-order chi connectivity index (χ0) is 13.9. The maximum atomic E-state index is 12.5. The third-order valence-electron chi connectivity index (χ3n) is 2.92. The largest absolute Gasteiger partial charge is 0.433 e. The summed E-state index contributed by atoms with van der Waals surface area (Å²) in [4.78, 5) is 19.1. The van der Waals surface area contributed by atoms with E-state index in [4.69, 9.17) is 0 Å². The fourth-order valence-corrected chi connectivity index (χ4v) is 3.00. The molecule has 1 aliphatic rings. The Morgan fingerprint density at radius 3 is 2.79 bits per heavy atom. The third-order valence-corrected chi connectivity index (χ3v) is 4.11. The van der Waals surface area contributed by atoms with Gasteiger partial charge in [-0.1, -0.05) is 24.6 Å². The Labute approximate surface area is 113 Å². The predicted octanol–water partition coefficient (Wildman–Crippen LogP) is 3.49. The van der Waals surface area contributed by atoms with Gasteiger partial charge in [-0.15, -0.1) is 0 Å². The maximum absolute atomic E-state index is 12.5. The zero-order valence-corrected chi connectivity index (χ0v) is 10.9. The van der Waals surface area contributed by atoms with Crippen molar-refractivity contribution in [3.63, 3.8) is 0 Å². The number of Topliss-reactive ketones (excluding diaryl/α,β-unsaturated/α-hetero) is 1. The number of nitrogens with zero attached hydrogens (tertiary/aromatic N) is 2. The van der Waals surface area contributed by atoms with Crippen molar-refractivity contribution in [2.75, 3.05) is 0 Å². The molecule has 7 heteroatoms. The summed E-state index contributed by atoms with van der Waals surface area (Å²) in [6, 6.07) is 0.832. The van der Waals surface area contributed by atoms with Gasteiger partial charge in [0.2, 0.25) is 0 Å². The van der Waals surface area contributed by atoms with Crippen molar-refractivity contribution in [3.05, 3.63) is 18.0 Å². The molecule has 2 rings (SSSR count). The molecule has 0 saturated heterocycles. The topological polar surface area (TPSA) is 42.9 Å². The first-order valence-electron chi connectivity index (χ1n) is 6.06. The molecular weight excluding hydrogens is 277 g/mol. The van der Waals surface area contributed by atoms with Crippen molar-refractivity contribution >= 4 is 17.5 Å². The van der Waals surface area contributed by atoms with E-state index in [2.05, 4.69) is 9.97 Å². The van der Waals surface area contributed by atoms with Gasteiger partial charge >= 0.3 is 6.18 Å². The maximum Gasteiger partial charge on any atom is 0.433 e. The molecule has 1 aromatic heterocycles. The number of rotatable bonds is 2. The Balaban J connectivity index is 2.12. The summed E-state index contributed by atoms with van der Waals surface area (Å²) in [6.07, 6.45) is 0.554. The quantitative estimate of drug-likeness (QED) is 0.617. The number of hydrogen-bond acceptors (Lipinski definition) is 4. The monoisotopic (exact) mass is 290 g/mol. The van der Waals surface area contributed by atoms with Gasteiger partial charge in [0.15, 0.2) is 5.16 Å². The number of alkyl halides is 3. The van der Waals surface area contributed by atoms with Crippen LogP contribution in [-0.2, 0) is 11.0 Å². The normalized spacial score (nSPS) is 21.2. The predicted molar refractivity (Wildman–Crippen MR) is 64.8 cm³/mol. The first kappa shape index (κ1) is 14.3. The van der Waals surface area contributed by atoms with Crippen molar-refractivity contribution in [2.24, 2.45) is 0 Å². The van der Waals surface area contributed by atoms with Crippen molar-refractivity contribution in [3.8, 4) is 0 Å². The highest BCUT2D eigenvalue weighted by molar-refractivity contribution is 8.00. The molecule has 0 radical (unpaired) electrons. The van der Waals surface area contributed by atoms with E-state index in [1.165, 1.54) is 0 Å². The molecule has 0 bridgehead atoms. The van der Waals surface area contributed by atoms with Crippen molar-refractivity contribution in [2.45, 2.75) is 48.7 Å². The molecule has 3 nitrogen and oxygen atoms in total. The number of ketones is 1. The molecule has 0 aromatic carbocycles. The molecule has 1 aliphatic carbocycles. The number of hydrogen-bond donors (Lipinski definition) is 0. The second-order valence-electron chi connectivity index (χ2n) is 4.39. The molecule has 104 valence electrons. The van der Waals surface area contributed by atoms with E-state index >= 15 is 0 Å². The second-order valence-corrected chi connectivity index (χ2v) is 5.56. The van der Waals surface area contributed by atoms with Gasteiger partial charge in [0.05, 0.1) is 5.25 Å². The van der Waals surface area contributed by atoms with Crippen LogP contribution in [0.2, 0.25) is 0 Å². The number of thioether (sulfide) groups is 1. The second kappa shape index (κ2) is 5.90. The van der Waals surface area contributed by atoms with E-state index in [0.717, 1.165) is 43.3 Å². The Kier molecular flexibility index (Phi) is 4.44. The van der Waals surface area contributed by atoms with Gasteiger partial charge in [-0.2, -0.15) is 13.2 Å². The van der Waals surface area contributed by atoms with Crippen LogP contribution in [0.5, 0.6) is 0 Å². The molecule has 0 N–H and O–H groups in total. The van der Waals surface area contributed by atoms with E-state index in [9.17, 15) is 18.0 Å². The van der Waals surface area contributed by atoms with E-state index < -0.39 is 11.9 Å². The lowest BCUT2D eigenvalue weighted by Gasteiger charge is -2.12. The number of carbonyl (C=O) groups excluding carboxylic acids is 1. The summed E-state index contributed by atoms with van der Waals surface area (Å²) >= 11 is 1.04. The fraction of sp³-hybridized carbons (Fsp3) is 0.583. The van der Waals surface area contributed by atoms with Gasteiger partial charge in [0.1, 0.15) is 11.5 Å². The van der Waals surface area contributed by atoms with Crippen LogP contribution >= 0.6 is 11.8 Å². The van der Waals surface area contributed by atoms with Gasteiger partial charge in [-0.3, -0.25) is 4.79 Å². The lowest BCUT2D eigenvalue weighted by atomic mass is 10.2. The van der Waals surface area contributed by atoms with E-state index in [-0.39, 0.29) is 16.2 Å². The zero-order valence-electron chi connectivity index (χ0n) is 10.1. The Hall–Kier alpha value is -1.11. The van der Waals surface area contributed by atoms with Gasteiger partial charge < -0.3 is 0 Å². The van der Waals surface area contributed by atoms with Crippen LogP contribution < -0.4 is 0 Å². The molecule has 1 aromatic rings. The standard InChI is InChI=1S/C12H13F3N2OS/c13-12(14,15)10-6-7-16-11(17-10)19-9-5-3-1-2-4-8(9)18/h6-7,9H,1-5H2/t9-/m1/s1. The molecule has 0 amide bonds. The summed E-state index contributed by atoms with van der Waals surface area (Å²) in [5.41, 5.74) is -0.967. The van der Waals surface area contributed by atoms with Crippen LogP contribution in [0.15, 0.2) is 17.4 Å². The molecule has 1 atom stereocenters. The molecule has 1 heterocycles. The van der Waals surface area contributed by atoms with Crippen LogP contribution in [0, 0.1) is 0 Å². The van der Waals surface area contributed by atoms with Crippen molar-refractivity contribution < 1.29 is 18.0 Å². The van der Waals surface area contributed by atoms with Crippen LogP contribution in [0.25, 0.3) is 0 Å². The highest BCUT2D eigenvalue weighted by Gasteiger charge is 2.33.